The molecular formula is C8H19NO2S2. The van der Waals surface area contributed by atoms with Crippen LogP contribution in [-0.4, -0.2) is 44.5 Å². The van der Waals surface area contributed by atoms with E-state index in [1.165, 1.54) is 6.26 Å². The number of hydrogen-bond donors (Lipinski definition) is 1. The molecule has 0 aromatic carbocycles. The van der Waals surface area contributed by atoms with Gasteiger partial charge in [-0.1, -0.05) is 13.8 Å². The second-order valence-electron chi connectivity index (χ2n) is 3.30. The second-order valence-corrected chi connectivity index (χ2v) is 7.24. The van der Waals surface area contributed by atoms with Crippen molar-refractivity contribution < 1.29 is 8.42 Å². The van der Waals surface area contributed by atoms with Gasteiger partial charge in [0.1, 0.15) is 9.84 Å². The first-order valence-electron chi connectivity index (χ1n) is 4.42. The summed E-state index contributed by atoms with van der Waals surface area (Å²) in [5.41, 5.74) is 0. The van der Waals surface area contributed by atoms with Gasteiger partial charge < -0.3 is 5.32 Å². The fourth-order valence-corrected chi connectivity index (χ4v) is 2.00. The maximum atomic E-state index is 10.7. The number of hydrogen-bond acceptors (Lipinski definition) is 4. The van der Waals surface area contributed by atoms with Crippen molar-refractivity contribution in [3.8, 4) is 0 Å². The predicted octanol–water partition coefficient (Wildman–Crippen LogP) is 0.762. The van der Waals surface area contributed by atoms with Crippen molar-refractivity contribution in [3.05, 3.63) is 0 Å². The first-order valence-corrected chi connectivity index (χ1v) is 7.53. The van der Waals surface area contributed by atoms with Gasteiger partial charge in [-0.25, -0.2) is 8.42 Å². The van der Waals surface area contributed by atoms with Crippen LogP contribution in [-0.2, 0) is 9.84 Å². The largest absolute Gasteiger partial charge is 0.315 e. The number of thioether (sulfide) groups is 1. The smallest absolute Gasteiger partial charge is 0.148 e. The van der Waals surface area contributed by atoms with Gasteiger partial charge in [0.05, 0.1) is 5.75 Å². The van der Waals surface area contributed by atoms with Crippen LogP contribution in [0.1, 0.15) is 13.8 Å². The summed E-state index contributed by atoms with van der Waals surface area (Å²) in [6.45, 7) is 5.76. The zero-order chi connectivity index (χ0) is 10.3. The van der Waals surface area contributed by atoms with Crippen molar-refractivity contribution in [2.24, 2.45) is 0 Å². The van der Waals surface area contributed by atoms with Gasteiger partial charge >= 0.3 is 0 Å². The Hall–Kier alpha value is 0.260. The van der Waals surface area contributed by atoms with Gasteiger partial charge in [-0.15, -0.1) is 0 Å². The highest BCUT2D eigenvalue weighted by Gasteiger charge is 2.00. The summed E-state index contributed by atoms with van der Waals surface area (Å²) in [6, 6.07) is 0. The van der Waals surface area contributed by atoms with Crippen LogP contribution in [0.4, 0.5) is 0 Å². The Kier molecular flexibility index (Phi) is 6.81. The predicted molar refractivity (Wildman–Crippen MR) is 60.2 cm³/mol. The molecule has 0 aliphatic heterocycles. The van der Waals surface area contributed by atoms with E-state index in [0.717, 1.165) is 12.3 Å². The average molecular weight is 225 g/mol. The van der Waals surface area contributed by atoms with Gasteiger partial charge in [0.15, 0.2) is 0 Å². The fraction of sp³-hybridized carbons (Fsp3) is 1.00. The van der Waals surface area contributed by atoms with E-state index in [1.807, 2.05) is 11.8 Å². The second kappa shape index (κ2) is 6.68. The number of sulfone groups is 1. The Morgan fingerprint density at radius 3 is 2.38 bits per heavy atom. The Balaban J connectivity index is 3.18. The van der Waals surface area contributed by atoms with Crippen LogP contribution in [0.5, 0.6) is 0 Å². The van der Waals surface area contributed by atoms with E-state index >= 15 is 0 Å². The lowest BCUT2D eigenvalue weighted by molar-refractivity contribution is 0.598. The summed E-state index contributed by atoms with van der Waals surface area (Å²) >= 11 is 1.88. The summed E-state index contributed by atoms with van der Waals surface area (Å²) in [6.07, 6.45) is 1.26. The molecule has 0 saturated carbocycles. The maximum absolute atomic E-state index is 10.7. The molecule has 80 valence electrons. The molecule has 0 aromatic heterocycles. The van der Waals surface area contributed by atoms with Crippen molar-refractivity contribution in [1.29, 1.82) is 0 Å². The quantitative estimate of drug-likeness (QED) is 0.650. The highest BCUT2D eigenvalue weighted by Crippen LogP contribution is 2.06. The van der Waals surface area contributed by atoms with Crippen LogP contribution >= 0.6 is 11.8 Å². The SMILES string of the molecule is CC(C)SCCNCCS(C)(=O)=O. The molecule has 13 heavy (non-hydrogen) atoms. The zero-order valence-electron chi connectivity index (χ0n) is 8.54. The molecule has 5 heteroatoms. The van der Waals surface area contributed by atoms with Crippen molar-refractivity contribution in [1.82, 2.24) is 5.32 Å². The molecule has 0 spiro atoms. The van der Waals surface area contributed by atoms with E-state index in [-0.39, 0.29) is 5.75 Å². The van der Waals surface area contributed by atoms with E-state index in [9.17, 15) is 8.42 Å². The monoisotopic (exact) mass is 225 g/mol. The number of rotatable bonds is 7. The molecule has 0 atom stereocenters. The van der Waals surface area contributed by atoms with Gasteiger partial charge in [0, 0.05) is 25.1 Å². The van der Waals surface area contributed by atoms with Crippen LogP contribution in [0.3, 0.4) is 0 Å². The van der Waals surface area contributed by atoms with E-state index in [4.69, 9.17) is 0 Å². The summed E-state index contributed by atoms with van der Waals surface area (Å²) in [5.74, 6) is 1.28. The van der Waals surface area contributed by atoms with Crippen molar-refractivity contribution in [3.63, 3.8) is 0 Å². The van der Waals surface area contributed by atoms with Crippen LogP contribution in [0, 0.1) is 0 Å². The fourth-order valence-electron chi connectivity index (χ4n) is 0.749. The van der Waals surface area contributed by atoms with Gasteiger partial charge in [0.2, 0.25) is 0 Å². The van der Waals surface area contributed by atoms with E-state index < -0.39 is 9.84 Å². The molecule has 0 radical (unpaired) electrons. The highest BCUT2D eigenvalue weighted by molar-refractivity contribution is 7.99. The minimum atomic E-state index is -2.80. The van der Waals surface area contributed by atoms with Crippen LogP contribution < -0.4 is 5.32 Å². The molecule has 0 fully saturated rings. The van der Waals surface area contributed by atoms with Crippen LogP contribution in [0.25, 0.3) is 0 Å². The third-order valence-corrected chi connectivity index (χ3v) is 3.43. The first kappa shape index (κ1) is 13.3. The van der Waals surface area contributed by atoms with Gasteiger partial charge in [-0.3, -0.25) is 0 Å². The highest BCUT2D eigenvalue weighted by atomic mass is 32.2. The van der Waals surface area contributed by atoms with Gasteiger partial charge in [-0.2, -0.15) is 11.8 Å². The molecule has 0 rings (SSSR count). The molecule has 0 heterocycles. The Labute approximate surface area is 85.6 Å². The molecule has 0 aromatic rings. The van der Waals surface area contributed by atoms with Crippen molar-refractivity contribution >= 4 is 21.6 Å². The topological polar surface area (TPSA) is 46.2 Å². The summed E-state index contributed by atoms with van der Waals surface area (Å²) in [4.78, 5) is 0. The summed E-state index contributed by atoms with van der Waals surface area (Å²) in [7, 11) is -2.80. The molecule has 0 aliphatic carbocycles. The van der Waals surface area contributed by atoms with Crippen LogP contribution in [0.2, 0.25) is 0 Å². The molecule has 0 bridgehead atoms. The zero-order valence-corrected chi connectivity index (χ0v) is 10.2. The van der Waals surface area contributed by atoms with Gasteiger partial charge in [-0.05, 0) is 5.25 Å². The molecule has 0 amide bonds. The van der Waals surface area contributed by atoms with Gasteiger partial charge in [0.25, 0.3) is 0 Å². The van der Waals surface area contributed by atoms with Crippen molar-refractivity contribution in [2.45, 2.75) is 19.1 Å². The minimum Gasteiger partial charge on any atom is -0.315 e. The lowest BCUT2D eigenvalue weighted by atomic mass is 10.6. The summed E-state index contributed by atoms with van der Waals surface area (Å²) in [5, 5.41) is 3.75. The molecule has 1 N–H and O–H groups in total. The van der Waals surface area contributed by atoms with E-state index in [0.29, 0.717) is 11.8 Å². The lowest BCUT2D eigenvalue weighted by Crippen LogP contribution is -2.24. The minimum absolute atomic E-state index is 0.235. The first-order chi connectivity index (χ1) is 5.92. The number of nitrogens with one attached hydrogen (secondary N) is 1. The molecule has 0 unspecified atom stereocenters. The Bertz CT molecular complexity index is 212. The Morgan fingerprint density at radius 1 is 1.31 bits per heavy atom. The van der Waals surface area contributed by atoms with E-state index in [1.54, 1.807) is 0 Å². The third-order valence-electron chi connectivity index (χ3n) is 1.38. The lowest BCUT2D eigenvalue weighted by Gasteiger charge is -2.05. The normalized spacial score (nSPS) is 12.3. The summed E-state index contributed by atoms with van der Waals surface area (Å²) < 4.78 is 21.5. The van der Waals surface area contributed by atoms with Crippen molar-refractivity contribution in [2.75, 3.05) is 30.9 Å². The third kappa shape index (κ3) is 12.3. The maximum Gasteiger partial charge on any atom is 0.148 e. The molecular weight excluding hydrogens is 206 g/mol. The molecule has 0 saturated heterocycles. The van der Waals surface area contributed by atoms with E-state index in [2.05, 4.69) is 19.2 Å². The average Bonchev–Trinajstić information content (AvgIpc) is 1.93. The molecule has 0 aliphatic rings. The van der Waals surface area contributed by atoms with Crippen LogP contribution in [0.15, 0.2) is 0 Å². The Morgan fingerprint density at radius 2 is 1.92 bits per heavy atom. The molecule has 3 nitrogen and oxygen atoms in total. The standard InChI is InChI=1S/C8H19NO2S2/c1-8(2)12-6-4-9-5-7-13(3,10)11/h8-9H,4-7H2,1-3H3.